The molecule has 1 saturated heterocycles. The number of nitrogens with one attached hydrogen (secondary N) is 1. The number of benzene rings is 3. The maximum absolute atomic E-state index is 9.78. The van der Waals surface area contributed by atoms with Crippen LogP contribution in [0.3, 0.4) is 0 Å². The minimum absolute atomic E-state index is 0.250. The summed E-state index contributed by atoms with van der Waals surface area (Å²) in [5.41, 5.74) is 4.01. The van der Waals surface area contributed by atoms with Crippen molar-refractivity contribution in [2.45, 2.75) is 13.5 Å². The number of aromatic hydroxyl groups is 1. The Balaban J connectivity index is 1.52. The largest absolute Gasteiger partial charge is 0.508 e. The van der Waals surface area contributed by atoms with Gasteiger partial charge in [0.05, 0.1) is 13.7 Å². The third kappa shape index (κ3) is 5.71. The summed E-state index contributed by atoms with van der Waals surface area (Å²) >= 11 is 6.36. The zero-order valence-corrected chi connectivity index (χ0v) is 19.7. The molecule has 172 valence electrons. The van der Waals surface area contributed by atoms with Crippen LogP contribution in [0, 0.1) is 6.92 Å². The van der Waals surface area contributed by atoms with E-state index in [1.54, 1.807) is 19.2 Å². The smallest absolute Gasteiger partial charge is 0.198 e. The maximum atomic E-state index is 9.78. The van der Waals surface area contributed by atoms with Gasteiger partial charge in [-0.1, -0.05) is 35.9 Å². The number of phenolic OH excluding ortho intramolecular Hbond substituents is 1. The van der Waals surface area contributed by atoms with E-state index in [-0.39, 0.29) is 5.75 Å². The third-order valence-electron chi connectivity index (χ3n) is 5.81. The fraction of sp³-hybridized carbons (Fsp3) is 0.269. The van der Waals surface area contributed by atoms with Gasteiger partial charge in [-0.2, -0.15) is 0 Å². The van der Waals surface area contributed by atoms with Crippen LogP contribution in [-0.2, 0) is 6.54 Å². The summed E-state index contributed by atoms with van der Waals surface area (Å²) in [6, 6.07) is 21.2. The Bertz CT molecular complexity index is 1130. The summed E-state index contributed by atoms with van der Waals surface area (Å²) in [7, 11) is 1.69. The van der Waals surface area contributed by atoms with Crippen LogP contribution in [0.5, 0.6) is 11.5 Å². The molecule has 0 radical (unpaired) electrons. The highest BCUT2D eigenvalue weighted by Gasteiger charge is 2.21. The van der Waals surface area contributed by atoms with Gasteiger partial charge in [0.25, 0.3) is 0 Å². The molecule has 33 heavy (non-hydrogen) atoms. The molecule has 6 nitrogen and oxygen atoms in total. The molecule has 3 aromatic rings. The molecule has 1 fully saturated rings. The van der Waals surface area contributed by atoms with Crippen LogP contribution in [-0.4, -0.2) is 49.3 Å². The molecule has 0 atom stereocenters. The first-order chi connectivity index (χ1) is 16.0. The fourth-order valence-corrected chi connectivity index (χ4v) is 4.09. The van der Waals surface area contributed by atoms with Gasteiger partial charge in [-0.15, -0.1) is 0 Å². The summed E-state index contributed by atoms with van der Waals surface area (Å²) in [5, 5.41) is 14.0. The van der Waals surface area contributed by atoms with Crippen LogP contribution < -0.4 is 15.0 Å². The Morgan fingerprint density at radius 1 is 1.03 bits per heavy atom. The molecule has 0 bridgehead atoms. The van der Waals surface area contributed by atoms with E-state index in [1.807, 2.05) is 49.4 Å². The summed E-state index contributed by atoms with van der Waals surface area (Å²) in [5.74, 6) is 1.91. The number of rotatable bonds is 5. The Kier molecular flexibility index (Phi) is 7.25. The number of methoxy groups -OCH3 is 1. The number of anilines is 2. The summed E-state index contributed by atoms with van der Waals surface area (Å²) < 4.78 is 5.38. The quantitative estimate of drug-likeness (QED) is 0.310. The average Bonchev–Trinajstić information content (AvgIpc) is 2.84. The van der Waals surface area contributed by atoms with E-state index in [0.717, 1.165) is 60.4 Å². The average molecular weight is 465 g/mol. The second-order valence-electron chi connectivity index (χ2n) is 8.03. The van der Waals surface area contributed by atoms with E-state index in [4.69, 9.17) is 21.3 Å². The van der Waals surface area contributed by atoms with Crippen molar-refractivity contribution in [1.82, 2.24) is 4.90 Å². The molecule has 0 aliphatic carbocycles. The monoisotopic (exact) mass is 464 g/mol. The number of nitrogens with zero attached hydrogens (tertiary/aromatic N) is 3. The van der Waals surface area contributed by atoms with Crippen molar-refractivity contribution in [2.75, 3.05) is 43.5 Å². The van der Waals surface area contributed by atoms with Crippen molar-refractivity contribution < 1.29 is 9.84 Å². The normalized spacial score (nSPS) is 14.3. The van der Waals surface area contributed by atoms with Crippen LogP contribution in [0.25, 0.3) is 0 Å². The minimum atomic E-state index is 0.250. The Labute approximate surface area is 200 Å². The first-order valence-corrected chi connectivity index (χ1v) is 11.4. The molecule has 0 spiro atoms. The highest BCUT2D eigenvalue weighted by Crippen LogP contribution is 2.24. The van der Waals surface area contributed by atoms with Crippen LogP contribution >= 0.6 is 11.6 Å². The fourth-order valence-electron chi connectivity index (χ4n) is 3.90. The second-order valence-corrected chi connectivity index (χ2v) is 8.44. The van der Waals surface area contributed by atoms with Crippen LogP contribution in [0.1, 0.15) is 11.1 Å². The number of halogens is 1. The summed E-state index contributed by atoms with van der Waals surface area (Å²) in [6.45, 7) is 5.83. The summed E-state index contributed by atoms with van der Waals surface area (Å²) in [6.07, 6.45) is 0. The lowest BCUT2D eigenvalue weighted by molar-refractivity contribution is 0.382. The van der Waals surface area contributed by atoms with Gasteiger partial charge in [0, 0.05) is 48.6 Å². The molecule has 2 N–H and O–H groups in total. The van der Waals surface area contributed by atoms with E-state index in [1.165, 1.54) is 0 Å². The van der Waals surface area contributed by atoms with Crippen molar-refractivity contribution in [2.24, 2.45) is 4.99 Å². The van der Waals surface area contributed by atoms with Crippen LogP contribution in [0.2, 0.25) is 5.02 Å². The maximum Gasteiger partial charge on any atom is 0.198 e. The lowest BCUT2D eigenvalue weighted by Gasteiger charge is -2.38. The topological polar surface area (TPSA) is 60.3 Å². The van der Waals surface area contributed by atoms with Crippen LogP contribution in [0.15, 0.2) is 71.7 Å². The second kappa shape index (κ2) is 10.5. The van der Waals surface area contributed by atoms with E-state index >= 15 is 0 Å². The molecule has 7 heteroatoms. The van der Waals surface area contributed by atoms with Gasteiger partial charge in [-0.05, 0) is 54.4 Å². The van der Waals surface area contributed by atoms with Gasteiger partial charge in [-0.3, -0.25) is 0 Å². The lowest BCUT2D eigenvalue weighted by atomic mass is 10.2. The number of hydrogen-bond donors (Lipinski definition) is 2. The number of piperazine rings is 1. The molecule has 4 rings (SSSR count). The first kappa shape index (κ1) is 22.8. The Hall–Kier alpha value is -3.38. The zero-order valence-electron chi connectivity index (χ0n) is 19.0. The van der Waals surface area contributed by atoms with Crippen LogP contribution in [0.4, 0.5) is 11.4 Å². The first-order valence-electron chi connectivity index (χ1n) is 11.0. The van der Waals surface area contributed by atoms with Crippen molar-refractivity contribution >= 4 is 28.9 Å². The number of phenols is 1. The predicted octanol–water partition coefficient (Wildman–Crippen LogP) is 5.15. The van der Waals surface area contributed by atoms with Gasteiger partial charge >= 0.3 is 0 Å². The molecule has 0 amide bonds. The van der Waals surface area contributed by atoms with Gasteiger partial charge in [0.15, 0.2) is 5.96 Å². The number of ether oxygens (including phenoxy) is 1. The van der Waals surface area contributed by atoms with Gasteiger partial charge in [0.2, 0.25) is 0 Å². The van der Waals surface area contributed by atoms with Gasteiger partial charge in [-0.25, -0.2) is 4.99 Å². The molecule has 1 heterocycles. The number of aryl methyl sites for hydroxylation is 1. The Morgan fingerprint density at radius 2 is 1.82 bits per heavy atom. The van der Waals surface area contributed by atoms with Crippen molar-refractivity contribution in [3.05, 3.63) is 82.9 Å². The van der Waals surface area contributed by atoms with Crippen molar-refractivity contribution in [3.8, 4) is 11.5 Å². The van der Waals surface area contributed by atoms with Crippen molar-refractivity contribution in [1.29, 1.82) is 0 Å². The van der Waals surface area contributed by atoms with Gasteiger partial charge in [0.1, 0.15) is 11.5 Å². The number of hydrogen-bond acceptors (Lipinski definition) is 4. The van der Waals surface area contributed by atoms with E-state index in [2.05, 4.69) is 27.2 Å². The standard InChI is InChI=1S/C26H29ClN4O2/c1-19-16-22(32)10-11-25(19)29-26(28-18-20-6-3-4-9-24(20)27)31-14-12-30(13-15-31)21-7-5-8-23(17-21)33-2/h3-11,16-17,32H,12-15,18H2,1-2H3,(H,28,29). The highest BCUT2D eigenvalue weighted by atomic mass is 35.5. The third-order valence-corrected chi connectivity index (χ3v) is 6.18. The molecule has 0 saturated carbocycles. The number of aliphatic imine (C=N–C) groups is 1. The molecular weight excluding hydrogens is 436 g/mol. The molecule has 0 unspecified atom stereocenters. The lowest BCUT2D eigenvalue weighted by Crippen LogP contribution is -2.50. The SMILES string of the molecule is COc1cccc(N2CCN(C(=NCc3ccccc3Cl)Nc3ccc(O)cc3C)CC2)c1. The molecule has 1 aliphatic heterocycles. The van der Waals surface area contributed by atoms with E-state index in [9.17, 15) is 5.11 Å². The van der Waals surface area contributed by atoms with E-state index in [0.29, 0.717) is 11.6 Å². The van der Waals surface area contributed by atoms with E-state index < -0.39 is 0 Å². The predicted molar refractivity (Wildman–Crippen MR) is 136 cm³/mol. The Morgan fingerprint density at radius 3 is 2.55 bits per heavy atom. The van der Waals surface area contributed by atoms with Crippen molar-refractivity contribution in [3.63, 3.8) is 0 Å². The zero-order chi connectivity index (χ0) is 23.2. The molecular formula is C26H29ClN4O2. The molecule has 1 aliphatic rings. The highest BCUT2D eigenvalue weighted by molar-refractivity contribution is 6.31. The van der Waals surface area contributed by atoms with Gasteiger partial charge < -0.3 is 25.0 Å². The number of guanidine groups is 1. The summed E-state index contributed by atoms with van der Waals surface area (Å²) in [4.78, 5) is 9.53. The minimum Gasteiger partial charge on any atom is -0.508 e. The molecule has 3 aromatic carbocycles. The molecule has 0 aromatic heterocycles.